The molecule has 4 rings (SSSR count). The highest BCUT2D eigenvalue weighted by Crippen LogP contribution is 2.23. The average molecular weight is 513 g/mol. The van der Waals surface area contributed by atoms with Crippen molar-refractivity contribution in [2.75, 3.05) is 32.1 Å². The smallest absolute Gasteiger partial charge is 0.410 e. The molecule has 1 saturated heterocycles. The second-order valence-electron chi connectivity index (χ2n) is 9.17. The molecule has 0 spiro atoms. The van der Waals surface area contributed by atoms with Crippen molar-refractivity contribution in [2.24, 2.45) is 5.73 Å². The van der Waals surface area contributed by atoms with Gasteiger partial charge in [0.2, 0.25) is 5.91 Å². The van der Waals surface area contributed by atoms with E-state index in [-0.39, 0.29) is 12.5 Å². The second kappa shape index (κ2) is 11.7. The summed E-state index contributed by atoms with van der Waals surface area (Å²) in [6, 6.07) is 15.2. The fourth-order valence-electron chi connectivity index (χ4n) is 3.74. The highest BCUT2D eigenvalue weighted by molar-refractivity contribution is 7.98. The molecule has 192 valence electrons. The van der Waals surface area contributed by atoms with Gasteiger partial charge in [-0.15, -0.1) is 10.2 Å². The van der Waals surface area contributed by atoms with Gasteiger partial charge in [0.15, 0.2) is 11.5 Å². The fourth-order valence-corrected chi connectivity index (χ4v) is 4.75. The van der Waals surface area contributed by atoms with E-state index in [0.29, 0.717) is 49.2 Å². The lowest BCUT2D eigenvalue weighted by atomic mass is 10.1. The normalized spacial score (nSPS) is 15.0. The van der Waals surface area contributed by atoms with Gasteiger partial charge in [-0.05, 0) is 31.5 Å². The molecule has 0 bridgehead atoms. The van der Waals surface area contributed by atoms with E-state index in [1.807, 2.05) is 40.8 Å². The molecule has 3 heterocycles. The van der Waals surface area contributed by atoms with Crippen molar-refractivity contribution >= 4 is 29.4 Å². The summed E-state index contributed by atoms with van der Waals surface area (Å²) < 4.78 is 12.7. The number of fused-ring (bicyclic) bond motifs is 1. The molecule has 0 saturated carbocycles. The number of benzene rings is 1. The van der Waals surface area contributed by atoms with Crippen LogP contribution in [0.1, 0.15) is 37.0 Å². The monoisotopic (exact) mass is 512 g/mol. The first-order valence-electron chi connectivity index (χ1n) is 11.9. The number of hydrogen-bond acceptors (Lipinski definition) is 8. The van der Waals surface area contributed by atoms with E-state index in [0.717, 1.165) is 5.75 Å². The lowest BCUT2D eigenvalue weighted by Crippen LogP contribution is -2.50. The Morgan fingerprint density at radius 1 is 1.14 bits per heavy atom. The van der Waals surface area contributed by atoms with E-state index in [1.54, 1.807) is 30.5 Å². The Balaban J connectivity index is 1.55. The molecule has 1 fully saturated rings. The quantitative estimate of drug-likeness (QED) is 0.448. The van der Waals surface area contributed by atoms with Crippen molar-refractivity contribution in [3.05, 3.63) is 65.6 Å². The SMILES string of the molecule is CC(C)(N)C(=O)N[C@H](CSCc1ccccc1)c1nnc2cccc(COC(=O)N3CCOCC3)n12. The maximum atomic E-state index is 12.8. The zero-order valence-corrected chi connectivity index (χ0v) is 21.4. The summed E-state index contributed by atoms with van der Waals surface area (Å²) in [7, 11) is 0. The summed E-state index contributed by atoms with van der Waals surface area (Å²) in [6.07, 6.45) is -0.391. The van der Waals surface area contributed by atoms with Gasteiger partial charge in [0, 0.05) is 24.6 Å². The molecule has 1 aromatic carbocycles. The van der Waals surface area contributed by atoms with E-state index < -0.39 is 17.7 Å². The van der Waals surface area contributed by atoms with Crippen molar-refractivity contribution in [3.8, 4) is 0 Å². The van der Waals surface area contributed by atoms with Crippen LogP contribution in [-0.4, -0.2) is 69.1 Å². The number of carbonyl (C=O) groups is 2. The number of amides is 2. The minimum atomic E-state index is -1.06. The van der Waals surface area contributed by atoms with E-state index >= 15 is 0 Å². The number of nitrogens with zero attached hydrogens (tertiary/aromatic N) is 4. The van der Waals surface area contributed by atoms with Crippen molar-refractivity contribution in [1.82, 2.24) is 24.8 Å². The van der Waals surface area contributed by atoms with Gasteiger partial charge in [-0.1, -0.05) is 36.4 Å². The summed E-state index contributed by atoms with van der Waals surface area (Å²) in [5.41, 5.74) is 7.50. The van der Waals surface area contributed by atoms with Gasteiger partial charge in [0.25, 0.3) is 0 Å². The summed E-state index contributed by atoms with van der Waals surface area (Å²) in [4.78, 5) is 27.0. The third-order valence-corrected chi connectivity index (χ3v) is 6.85. The van der Waals surface area contributed by atoms with Crippen LogP contribution in [0.5, 0.6) is 0 Å². The minimum absolute atomic E-state index is 0.0405. The molecule has 0 aliphatic carbocycles. The molecule has 0 unspecified atom stereocenters. The highest BCUT2D eigenvalue weighted by atomic mass is 32.2. The standard InChI is InChI=1S/C25H32N6O4S/c1-25(2,26)23(32)27-20(17-36-16-18-7-4-3-5-8-18)22-29-28-21-10-6-9-19(31(21)22)15-35-24(33)30-11-13-34-14-12-30/h3-10,20H,11-17,26H2,1-2H3,(H,27,32)/t20-/m1/s1. The van der Waals surface area contributed by atoms with Gasteiger partial charge < -0.3 is 25.4 Å². The van der Waals surface area contributed by atoms with Gasteiger partial charge in [-0.25, -0.2) is 4.79 Å². The van der Waals surface area contributed by atoms with E-state index in [2.05, 4.69) is 27.6 Å². The highest BCUT2D eigenvalue weighted by Gasteiger charge is 2.28. The van der Waals surface area contributed by atoms with Gasteiger partial charge in [-0.2, -0.15) is 11.8 Å². The fraction of sp³-hybridized carbons (Fsp3) is 0.440. The molecule has 1 aliphatic heterocycles. The summed E-state index contributed by atoms with van der Waals surface area (Å²) in [5.74, 6) is 1.60. The summed E-state index contributed by atoms with van der Waals surface area (Å²) in [5, 5.41) is 11.8. The molecule has 1 aliphatic rings. The molecule has 10 nitrogen and oxygen atoms in total. The predicted octanol–water partition coefficient (Wildman–Crippen LogP) is 2.53. The Labute approximate surface area is 214 Å². The van der Waals surface area contributed by atoms with E-state index in [9.17, 15) is 9.59 Å². The molecule has 11 heteroatoms. The Kier molecular flexibility index (Phi) is 8.44. The summed E-state index contributed by atoms with van der Waals surface area (Å²) in [6.45, 7) is 5.37. The van der Waals surface area contributed by atoms with Crippen LogP contribution in [0.2, 0.25) is 0 Å². The van der Waals surface area contributed by atoms with Crippen LogP contribution in [-0.2, 0) is 26.6 Å². The minimum Gasteiger partial charge on any atom is -0.443 e. The zero-order valence-electron chi connectivity index (χ0n) is 20.6. The van der Waals surface area contributed by atoms with Crippen LogP contribution >= 0.6 is 11.8 Å². The molecule has 1 atom stereocenters. The van der Waals surface area contributed by atoms with Crippen molar-refractivity contribution in [1.29, 1.82) is 0 Å². The van der Waals surface area contributed by atoms with E-state index in [4.69, 9.17) is 15.2 Å². The first-order chi connectivity index (χ1) is 17.3. The summed E-state index contributed by atoms with van der Waals surface area (Å²) >= 11 is 1.68. The van der Waals surface area contributed by atoms with Crippen LogP contribution in [0.3, 0.4) is 0 Å². The number of ether oxygens (including phenoxy) is 2. The first-order valence-corrected chi connectivity index (χ1v) is 13.0. The first kappa shape index (κ1) is 25.9. The van der Waals surface area contributed by atoms with Gasteiger partial charge >= 0.3 is 6.09 Å². The number of rotatable bonds is 9. The lowest BCUT2D eigenvalue weighted by molar-refractivity contribution is -0.125. The van der Waals surface area contributed by atoms with Crippen LogP contribution < -0.4 is 11.1 Å². The van der Waals surface area contributed by atoms with Crippen molar-refractivity contribution in [2.45, 2.75) is 37.8 Å². The van der Waals surface area contributed by atoms with E-state index in [1.165, 1.54) is 5.56 Å². The van der Waals surface area contributed by atoms with Crippen molar-refractivity contribution < 1.29 is 19.1 Å². The third-order valence-electron chi connectivity index (χ3n) is 5.75. The second-order valence-corrected chi connectivity index (χ2v) is 10.2. The Morgan fingerprint density at radius 3 is 2.61 bits per heavy atom. The van der Waals surface area contributed by atoms with Gasteiger partial charge in [0.1, 0.15) is 6.61 Å². The molecule has 2 amide bonds. The topological polar surface area (TPSA) is 124 Å². The molecule has 3 aromatic rings. The van der Waals surface area contributed by atoms with Crippen molar-refractivity contribution in [3.63, 3.8) is 0 Å². The number of thioether (sulfide) groups is 1. The van der Waals surface area contributed by atoms with Crippen LogP contribution in [0.15, 0.2) is 48.5 Å². The Hall–Kier alpha value is -3.15. The number of carbonyl (C=O) groups excluding carboxylic acids is 2. The van der Waals surface area contributed by atoms with Gasteiger partial charge in [-0.3, -0.25) is 9.20 Å². The number of nitrogens with one attached hydrogen (secondary N) is 1. The number of nitrogens with two attached hydrogens (primary N) is 1. The number of pyridine rings is 1. The number of aromatic nitrogens is 3. The molecular formula is C25H32N6O4S. The molecule has 2 aromatic heterocycles. The maximum Gasteiger partial charge on any atom is 0.410 e. The van der Waals surface area contributed by atoms with Gasteiger partial charge in [0.05, 0.1) is 30.5 Å². The Morgan fingerprint density at radius 2 is 1.89 bits per heavy atom. The number of morpholine rings is 1. The Bertz CT molecular complexity index is 1170. The number of hydrogen-bond donors (Lipinski definition) is 2. The van der Waals surface area contributed by atoms with Crippen LogP contribution in [0.25, 0.3) is 5.65 Å². The molecule has 36 heavy (non-hydrogen) atoms. The molecular weight excluding hydrogens is 480 g/mol. The average Bonchev–Trinajstić information content (AvgIpc) is 3.32. The van der Waals surface area contributed by atoms with Crippen LogP contribution in [0, 0.1) is 0 Å². The largest absolute Gasteiger partial charge is 0.443 e. The zero-order chi connectivity index (χ0) is 25.5. The third kappa shape index (κ3) is 6.54. The lowest BCUT2D eigenvalue weighted by Gasteiger charge is -2.26. The molecule has 3 N–H and O–H groups in total. The predicted molar refractivity (Wildman–Crippen MR) is 137 cm³/mol. The molecule has 0 radical (unpaired) electrons. The van der Waals surface area contributed by atoms with Crippen LogP contribution in [0.4, 0.5) is 4.79 Å². The maximum absolute atomic E-state index is 12.8.